The molecule has 5 rings (SSSR count). The summed E-state index contributed by atoms with van der Waals surface area (Å²) in [6.07, 6.45) is 1.63. The number of ketones is 1. The number of fused-ring (bicyclic) bond motifs is 2. The highest BCUT2D eigenvalue weighted by Crippen LogP contribution is 2.44. The van der Waals surface area contributed by atoms with Crippen LogP contribution in [0, 0.1) is 6.92 Å². The van der Waals surface area contributed by atoms with Crippen molar-refractivity contribution < 1.29 is 23.5 Å². The molecule has 0 fully saturated rings. The minimum Gasteiger partial charge on any atom is -0.490 e. The number of thiazole rings is 1. The molecule has 4 aromatic rings. The molecule has 9 heteroatoms. The molecule has 2 aromatic carbocycles. The molecule has 1 amide bonds. The Bertz CT molecular complexity index is 1620. The van der Waals surface area contributed by atoms with E-state index in [0.29, 0.717) is 50.3 Å². The minimum absolute atomic E-state index is 0.0455. The van der Waals surface area contributed by atoms with E-state index in [1.54, 1.807) is 55.5 Å². The van der Waals surface area contributed by atoms with E-state index in [1.807, 2.05) is 6.92 Å². The van der Waals surface area contributed by atoms with Gasteiger partial charge < -0.3 is 13.9 Å². The van der Waals surface area contributed by atoms with Gasteiger partial charge in [-0.25, -0.2) is 4.98 Å². The standard InChI is InChI=1S/C28H24N2O6S/c1-5-13-35-20-12-11-17(14-21(20)34-6-2)23-22-24(32)18-9-7-8-10-19(18)36-25(22)27(33)30(23)28-29-15(3)26(37-28)16(4)31/h5,7-12,14,23H,1,6,13H2,2-4H3. The number of amides is 1. The van der Waals surface area contributed by atoms with Crippen LogP contribution in [-0.4, -0.2) is 29.9 Å². The van der Waals surface area contributed by atoms with Crippen molar-refractivity contribution >= 4 is 39.1 Å². The molecular formula is C28H24N2O6S. The maximum absolute atomic E-state index is 13.8. The molecule has 0 aliphatic carbocycles. The Morgan fingerprint density at radius 3 is 2.68 bits per heavy atom. The molecule has 1 aliphatic heterocycles. The van der Waals surface area contributed by atoms with Crippen LogP contribution in [0.1, 0.15) is 56.9 Å². The summed E-state index contributed by atoms with van der Waals surface area (Å²) in [5.41, 5.74) is 1.36. The summed E-state index contributed by atoms with van der Waals surface area (Å²) < 4.78 is 17.5. The van der Waals surface area contributed by atoms with E-state index in [-0.39, 0.29) is 29.1 Å². The lowest BCUT2D eigenvalue weighted by molar-refractivity contribution is 0.0969. The fourth-order valence-electron chi connectivity index (χ4n) is 4.48. The first kappa shape index (κ1) is 24.5. The van der Waals surface area contributed by atoms with Gasteiger partial charge >= 0.3 is 0 Å². The van der Waals surface area contributed by atoms with Crippen molar-refractivity contribution in [2.75, 3.05) is 18.1 Å². The summed E-state index contributed by atoms with van der Waals surface area (Å²) in [5, 5.41) is 0.675. The van der Waals surface area contributed by atoms with E-state index in [4.69, 9.17) is 13.9 Å². The summed E-state index contributed by atoms with van der Waals surface area (Å²) in [4.78, 5) is 46.1. The molecule has 0 N–H and O–H groups in total. The van der Waals surface area contributed by atoms with Gasteiger partial charge in [0.15, 0.2) is 27.8 Å². The lowest BCUT2D eigenvalue weighted by atomic mass is 9.98. The first-order chi connectivity index (χ1) is 17.8. The Labute approximate surface area is 216 Å². The third-order valence-corrected chi connectivity index (χ3v) is 7.29. The number of carbonyl (C=O) groups excluding carboxylic acids is 2. The van der Waals surface area contributed by atoms with Crippen molar-refractivity contribution in [2.24, 2.45) is 0 Å². The quantitative estimate of drug-likeness (QED) is 0.226. The molecule has 1 aliphatic rings. The average Bonchev–Trinajstić information content (AvgIpc) is 3.41. The van der Waals surface area contributed by atoms with Crippen LogP contribution in [0.4, 0.5) is 5.13 Å². The average molecular weight is 517 g/mol. The molecule has 0 spiro atoms. The van der Waals surface area contributed by atoms with Gasteiger partial charge in [-0.15, -0.1) is 0 Å². The third kappa shape index (κ3) is 4.11. The normalized spacial score (nSPS) is 14.6. The van der Waals surface area contributed by atoms with E-state index in [1.165, 1.54) is 11.8 Å². The number of aryl methyl sites for hydroxylation is 1. The van der Waals surface area contributed by atoms with E-state index in [9.17, 15) is 14.4 Å². The summed E-state index contributed by atoms with van der Waals surface area (Å²) in [5.74, 6) is 0.278. The Hall–Kier alpha value is -4.24. The zero-order chi connectivity index (χ0) is 26.3. The maximum atomic E-state index is 13.8. The predicted octanol–water partition coefficient (Wildman–Crippen LogP) is 5.47. The zero-order valence-electron chi connectivity index (χ0n) is 20.6. The molecule has 0 saturated heterocycles. The van der Waals surface area contributed by atoms with Gasteiger partial charge in [-0.3, -0.25) is 19.3 Å². The number of benzene rings is 2. The Kier molecular flexibility index (Phi) is 6.39. The number of hydrogen-bond acceptors (Lipinski definition) is 8. The van der Waals surface area contributed by atoms with Crippen molar-refractivity contribution in [3.8, 4) is 11.5 Å². The van der Waals surface area contributed by atoms with Gasteiger partial charge in [0, 0.05) is 6.92 Å². The number of anilines is 1. The number of aromatic nitrogens is 1. The zero-order valence-corrected chi connectivity index (χ0v) is 21.4. The Balaban J connectivity index is 1.76. The van der Waals surface area contributed by atoms with Gasteiger partial charge in [-0.1, -0.05) is 42.2 Å². The highest BCUT2D eigenvalue weighted by Gasteiger charge is 2.45. The summed E-state index contributed by atoms with van der Waals surface area (Å²) in [6, 6.07) is 11.2. The molecule has 0 radical (unpaired) electrons. The van der Waals surface area contributed by atoms with Crippen LogP contribution in [0.2, 0.25) is 0 Å². The summed E-state index contributed by atoms with van der Waals surface area (Å²) in [7, 11) is 0. The molecule has 0 bridgehead atoms. The molecule has 8 nitrogen and oxygen atoms in total. The first-order valence-corrected chi connectivity index (χ1v) is 12.5. The third-order valence-electron chi connectivity index (χ3n) is 6.03. The second-order valence-electron chi connectivity index (χ2n) is 8.45. The summed E-state index contributed by atoms with van der Waals surface area (Å²) >= 11 is 1.11. The molecule has 1 atom stereocenters. The highest BCUT2D eigenvalue weighted by molar-refractivity contribution is 7.17. The van der Waals surface area contributed by atoms with Gasteiger partial charge in [0.1, 0.15) is 12.2 Å². The van der Waals surface area contributed by atoms with E-state index >= 15 is 0 Å². The molecule has 1 unspecified atom stereocenters. The molecule has 3 heterocycles. The number of hydrogen-bond donors (Lipinski definition) is 0. The van der Waals surface area contributed by atoms with Crippen molar-refractivity contribution in [1.29, 1.82) is 0 Å². The van der Waals surface area contributed by atoms with Crippen LogP contribution in [0.5, 0.6) is 11.5 Å². The lowest BCUT2D eigenvalue weighted by Crippen LogP contribution is -2.29. The highest BCUT2D eigenvalue weighted by atomic mass is 32.1. The fraction of sp³-hybridized carbons (Fsp3) is 0.214. The van der Waals surface area contributed by atoms with Crippen molar-refractivity contribution in [2.45, 2.75) is 26.8 Å². The van der Waals surface area contributed by atoms with Crippen LogP contribution in [0.25, 0.3) is 11.0 Å². The van der Waals surface area contributed by atoms with Gasteiger partial charge in [0.05, 0.1) is 34.2 Å². The molecular weight excluding hydrogens is 492 g/mol. The van der Waals surface area contributed by atoms with Crippen LogP contribution >= 0.6 is 11.3 Å². The second-order valence-corrected chi connectivity index (χ2v) is 9.43. The molecule has 37 heavy (non-hydrogen) atoms. The van der Waals surface area contributed by atoms with Gasteiger partial charge in [0.25, 0.3) is 5.91 Å². The number of rotatable bonds is 8. The minimum atomic E-state index is -0.846. The SMILES string of the molecule is C=CCOc1ccc(C2c3c(oc4ccccc4c3=O)C(=O)N2c2nc(C)c(C(C)=O)s2)cc1OCC. The van der Waals surface area contributed by atoms with Crippen molar-refractivity contribution in [3.63, 3.8) is 0 Å². The van der Waals surface area contributed by atoms with Crippen LogP contribution < -0.4 is 19.8 Å². The molecule has 2 aromatic heterocycles. The van der Waals surface area contributed by atoms with E-state index < -0.39 is 11.9 Å². The number of carbonyl (C=O) groups is 2. The number of nitrogens with zero attached hydrogens (tertiary/aromatic N) is 2. The number of para-hydroxylation sites is 1. The lowest BCUT2D eigenvalue weighted by Gasteiger charge is -2.23. The topological polar surface area (TPSA) is 98.9 Å². The first-order valence-electron chi connectivity index (χ1n) is 11.7. The fourth-order valence-corrected chi connectivity index (χ4v) is 5.46. The van der Waals surface area contributed by atoms with Crippen molar-refractivity contribution in [1.82, 2.24) is 4.98 Å². The summed E-state index contributed by atoms with van der Waals surface area (Å²) in [6.45, 7) is 9.38. The smallest absolute Gasteiger partial charge is 0.297 e. The van der Waals surface area contributed by atoms with E-state index in [0.717, 1.165) is 11.3 Å². The van der Waals surface area contributed by atoms with Crippen LogP contribution in [0.3, 0.4) is 0 Å². The number of ether oxygens (including phenoxy) is 2. The number of Topliss-reactive ketones (excluding diaryl/α,β-unsaturated/α-hetero) is 1. The predicted molar refractivity (Wildman–Crippen MR) is 141 cm³/mol. The monoisotopic (exact) mass is 516 g/mol. The van der Waals surface area contributed by atoms with Gasteiger partial charge in [0.2, 0.25) is 5.76 Å². The van der Waals surface area contributed by atoms with Gasteiger partial charge in [-0.05, 0) is 43.7 Å². The second kappa shape index (κ2) is 9.67. The van der Waals surface area contributed by atoms with Gasteiger partial charge in [-0.2, -0.15) is 0 Å². The Morgan fingerprint density at radius 1 is 1.19 bits per heavy atom. The molecule has 0 saturated carbocycles. The largest absolute Gasteiger partial charge is 0.490 e. The molecule has 188 valence electrons. The van der Waals surface area contributed by atoms with Crippen LogP contribution in [0.15, 0.2) is 64.3 Å². The van der Waals surface area contributed by atoms with Crippen LogP contribution in [-0.2, 0) is 0 Å². The Morgan fingerprint density at radius 2 is 1.97 bits per heavy atom. The maximum Gasteiger partial charge on any atom is 0.297 e. The van der Waals surface area contributed by atoms with Crippen molar-refractivity contribution in [3.05, 3.63) is 92.8 Å². The van der Waals surface area contributed by atoms with E-state index in [2.05, 4.69) is 11.6 Å².